The van der Waals surface area contributed by atoms with Crippen LogP contribution in [0.2, 0.25) is 0 Å². The molecule has 0 bridgehead atoms. The standard InChI is InChI=1S/C17H21BrN2S/c1-4-13-14(18)15(21)20-16(19-13)17(5-2,6-3)12-10-8-7-9-11-12/h7-11H,4-6H2,1-3H3,(H,19,20,21). The molecule has 1 N–H and O–H groups in total. The average molecular weight is 365 g/mol. The lowest BCUT2D eigenvalue weighted by atomic mass is 9.75. The Morgan fingerprint density at radius 3 is 2.29 bits per heavy atom. The van der Waals surface area contributed by atoms with Crippen molar-refractivity contribution in [3.05, 3.63) is 56.5 Å². The van der Waals surface area contributed by atoms with Gasteiger partial charge in [-0.25, -0.2) is 4.98 Å². The van der Waals surface area contributed by atoms with Crippen molar-refractivity contribution in [3.63, 3.8) is 0 Å². The van der Waals surface area contributed by atoms with E-state index in [1.807, 2.05) is 6.07 Å². The summed E-state index contributed by atoms with van der Waals surface area (Å²) in [6.45, 7) is 6.54. The number of hydrogen-bond acceptors (Lipinski definition) is 2. The molecule has 0 saturated carbocycles. The first-order valence-electron chi connectivity index (χ1n) is 7.43. The zero-order valence-corrected chi connectivity index (χ0v) is 15.1. The summed E-state index contributed by atoms with van der Waals surface area (Å²) in [6, 6.07) is 10.6. The zero-order valence-electron chi connectivity index (χ0n) is 12.7. The Morgan fingerprint density at radius 2 is 1.76 bits per heavy atom. The Morgan fingerprint density at radius 1 is 1.14 bits per heavy atom. The number of benzene rings is 1. The highest BCUT2D eigenvalue weighted by Gasteiger charge is 2.33. The van der Waals surface area contributed by atoms with Crippen LogP contribution in [0.5, 0.6) is 0 Å². The van der Waals surface area contributed by atoms with Crippen LogP contribution in [0.15, 0.2) is 34.8 Å². The topological polar surface area (TPSA) is 28.7 Å². The second-order valence-corrected chi connectivity index (χ2v) is 6.37. The summed E-state index contributed by atoms with van der Waals surface area (Å²) in [5.41, 5.74) is 2.30. The molecule has 0 spiro atoms. The number of halogens is 1. The van der Waals surface area contributed by atoms with Crippen molar-refractivity contribution in [2.45, 2.75) is 45.4 Å². The van der Waals surface area contributed by atoms with Crippen LogP contribution >= 0.6 is 28.1 Å². The van der Waals surface area contributed by atoms with E-state index in [2.05, 4.69) is 70.9 Å². The highest BCUT2D eigenvalue weighted by molar-refractivity contribution is 9.10. The predicted molar refractivity (Wildman–Crippen MR) is 94.3 cm³/mol. The number of hydrogen-bond donors (Lipinski definition) is 1. The molecule has 0 amide bonds. The molecule has 1 aromatic carbocycles. The van der Waals surface area contributed by atoms with E-state index in [1.54, 1.807) is 0 Å². The Labute approximate surface area is 140 Å². The van der Waals surface area contributed by atoms with E-state index in [1.165, 1.54) is 5.56 Å². The molecule has 21 heavy (non-hydrogen) atoms. The summed E-state index contributed by atoms with van der Waals surface area (Å²) < 4.78 is 1.56. The van der Waals surface area contributed by atoms with Gasteiger partial charge in [0.2, 0.25) is 0 Å². The van der Waals surface area contributed by atoms with E-state index < -0.39 is 0 Å². The first kappa shape index (κ1) is 16.4. The number of aromatic nitrogens is 2. The molecule has 0 aliphatic carbocycles. The Bertz CT molecular complexity index is 660. The smallest absolute Gasteiger partial charge is 0.144 e. The van der Waals surface area contributed by atoms with Crippen molar-refractivity contribution >= 4 is 28.1 Å². The summed E-state index contributed by atoms with van der Waals surface area (Å²) in [6.07, 6.45) is 2.87. The van der Waals surface area contributed by atoms with Crippen LogP contribution in [0.25, 0.3) is 0 Å². The van der Waals surface area contributed by atoms with Gasteiger partial charge >= 0.3 is 0 Å². The third-order valence-corrected chi connectivity index (χ3v) is 5.69. The zero-order chi connectivity index (χ0) is 15.5. The summed E-state index contributed by atoms with van der Waals surface area (Å²) in [7, 11) is 0. The van der Waals surface area contributed by atoms with Crippen molar-refractivity contribution in [3.8, 4) is 0 Å². The fraction of sp³-hybridized carbons (Fsp3) is 0.412. The van der Waals surface area contributed by atoms with Gasteiger partial charge in [0.05, 0.1) is 9.89 Å². The monoisotopic (exact) mass is 364 g/mol. The van der Waals surface area contributed by atoms with Gasteiger partial charge in [-0.3, -0.25) is 0 Å². The number of H-pyrrole nitrogens is 1. The molecule has 0 aliphatic heterocycles. The van der Waals surface area contributed by atoms with E-state index in [-0.39, 0.29) is 5.41 Å². The molecule has 0 unspecified atom stereocenters. The molecule has 2 nitrogen and oxygen atoms in total. The molecule has 2 aromatic rings. The maximum Gasteiger partial charge on any atom is 0.144 e. The lowest BCUT2D eigenvalue weighted by Crippen LogP contribution is -2.29. The van der Waals surface area contributed by atoms with E-state index in [0.29, 0.717) is 4.64 Å². The number of aromatic amines is 1. The molecule has 0 aliphatic rings. The number of rotatable bonds is 5. The van der Waals surface area contributed by atoms with Crippen molar-refractivity contribution in [1.82, 2.24) is 9.97 Å². The van der Waals surface area contributed by atoms with Crippen molar-refractivity contribution < 1.29 is 0 Å². The van der Waals surface area contributed by atoms with Gasteiger partial charge in [-0.2, -0.15) is 0 Å². The molecule has 0 atom stereocenters. The van der Waals surface area contributed by atoms with Crippen LogP contribution in [0.1, 0.15) is 50.7 Å². The van der Waals surface area contributed by atoms with Crippen LogP contribution in [-0.4, -0.2) is 9.97 Å². The van der Waals surface area contributed by atoms with Crippen molar-refractivity contribution in [2.24, 2.45) is 0 Å². The van der Waals surface area contributed by atoms with Crippen molar-refractivity contribution in [1.29, 1.82) is 0 Å². The molecule has 1 aromatic heterocycles. The highest BCUT2D eigenvalue weighted by atomic mass is 79.9. The molecule has 112 valence electrons. The van der Waals surface area contributed by atoms with Gasteiger partial charge in [0, 0.05) is 5.69 Å². The van der Waals surface area contributed by atoms with Gasteiger partial charge in [-0.05, 0) is 40.8 Å². The third kappa shape index (κ3) is 2.97. The molecule has 1 heterocycles. The SMILES string of the molecule is CCc1[nH]c(C(CC)(CC)c2ccccc2)nc(=S)c1Br. The fourth-order valence-electron chi connectivity index (χ4n) is 2.86. The molecule has 0 saturated heterocycles. The Hall–Kier alpha value is -1.00. The minimum atomic E-state index is -0.112. The Kier molecular flexibility index (Phi) is 5.33. The van der Waals surface area contributed by atoms with E-state index in [0.717, 1.165) is 35.3 Å². The van der Waals surface area contributed by atoms with Crippen LogP contribution in [0.4, 0.5) is 0 Å². The maximum absolute atomic E-state index is 5.43. The van der Waals surface area contributed by atoms with Crippen LogP contribution in [-0.2, 0) is 11.8 Å². The van der Waals surface area contributed by atoms with Gasteiger partial charge in [0.1, 0.15) is 10.5 Å². The first-order chi connectivity index (χ1) is 10.1. The van der Waals surface area contributed by atoms with E-state index in [4.69, 9.17) is 12.2 Å². The lowest BCUT2D eigenvalue weighted by Gasteiger charge is -2.32. The minimum absolute atomic E-state index is 0.112. The van der Waals surface area contributed by atoms with E-state index in [9.17, 15) is 0 Å². The van der Waals surface area contributed by atoms with E-state index >= 15 is 0 Å². The number of nitrogens with one attached hydrogen (secondary N) is 1. The average Bonchev–Trinajstić information content (AvgIpc) is 2.53. The quantitative estimate of drug-likeness (QED) is 0.702. The second-order valence-electron chi connectivity index (χ2n) is 5.19. The van der Waals surface area contributed by atoms with Gasteiger partial charge in [0.15, 0.2) is 0 Å². The normalized spacial score (nSPS) is 11.6. The molecule has 2 rings (SSSR count). The maximum atomic E-state index is 5.43. The predicted octanol–water partition coefficient (Wildman–Crippen LogP) is 5.57. The highest BCUT2D eigenvalue weighted by Crippen LogP contribution is 2.37. The first-order valence-corrected chi connectivity index (χ1v) is 8.63. The molecule has 4 heteroatoms. The summed E-state index contributed by atoms with van der Waals surface area (Å²) in [5.74, 6) is 0.976. The largest absolute Gasteiger partial charge is 0.345 e. The third-order valence-electron chi connectivity index (χ3n) is 4.28. The summed E-state index contributed by atoms with van der Waals surface area (Å²) >= 11 is 8.97. The van der Waals surface area contributed by atoms with Crippen LogP contribution < -0.4 is 0 Å². The molecular formula is C17H21BrN2S. The second kappa shape index (κ2) is 6.84. The van der Waals surface area contributed by atoms with Crippen molar-refractivity contribution in [2.75, 3.05) is 0 Å². The molecule has 0 fully saturated rings. The van der Waals surface area contributed by atoms with Gasteiger partial charge < -0.3 is 4.98 Å². The molecular weight excluding hydrogens is 344 g/mol. The number of nitrogens with zero attached hydrogens (tertiary/aromatic N) is 1. The van der Waals surface area contributed by atoms with Gasteiger partial charge in [-0.1, -0.05) is 63.3 Å². The molecule has 0 radical (unpaired) electrons. The van der Waals surface area contributed by atoms with Gasteiger partial charge in [-0.15, -0.1) is 0 Å². The summed E-state index contributed by atoms with van der Waals surface area (Å²) in [5, 5.41) is 0. The lowest BCUT2D eigenvalue weighted by molar-refractivity contribution is 0.446. The van der Waals surface area contributed by atoms with Crippen LogP contribution in [0, 0.1) is 4.64 Å². The number of aryl methyl sites for hydroxylation is 1. The summed E-state index contributed by atoms with van der Waals surface area (Å²) in [4.78, 5) is 8.20. The Balaban J connectivity index is 2.69. The fourth-order valence-corrected chi connectivity index (χ4v) is 3.55. The van der Waals surface area contributed by atoms with Crippen LogP contribution in [0.3, 0.4) is 0 Å². The minimum Gasteiger partial charge on any atom is -0.345 e. The van der Waals surface area contributed by atoms with Gasteiger partial charge in [0.25, 0.3) is 0 Å².